The molecule has 0 radical (unpaired) electrons. The third kappa shape index (κ3) is 5.75. The molecule has 0 bridgehead atoms. The second-order valence-electron chi connectivity index (χ2n) is 10.7. The van der Waals surface area contributed by atoms with Crippen LogP contribution in [0, 0.1) is 11.3 Å². The number of nitrogens with zero attached hydrogens (tertiary/aromatic N) is 3. The minimum Gasteiger partial charge on any atom is -0.447 e. The minimum absolute atomic E-state index is 0.00329. The molecule has 3 fully saturated rings. The molecular weight excluding hydrogens is 545 g/mol. The highest BCUT2D eigenvalue weighted by Crippen LogP contribution is 2.41. The number of alkyl halides is 3. The minimum atomic E-state index is -5.10. The van der Waals surface area contributed by atoms with Gasteiger partial charge in [0.1, 0.15) is 23.8 Å². The van der Waals surface area contributed by atoms with Crippen molar-refractivity contribution in [2.45, 2.75) is 73.5 Å². The molecule has 1 aliphatic carbocycles. The number of nitrogens with one attached hydrogen (secondary N) is 1. The number of amides is 3. The number of likely N-dealkylation sites (tertiary alicyclic amines) is 1. The molecule has 39 heavy (non-hydrogen) atoms. The van der Waals surface area contributed by atoms with Gasteiger partial charge >= 0.3 is 18.4 Å². The number of carbonyl (C=O) groups is 3. The van der Waals surface area contributed by atoms with Crippen molar-refractivity contribution in [2.24, 2.45) is 0 Å². The average Bonchev–Trinajstić information content (AvgIpc) is 3.23. The molecule has 2 saturated heterocycles. The van der Waals surface area contributed by atoms with E-state index in [4.69, 9.17) is 9.47 Å². The summed E-state index contributed by atoms with van der Waals surface area (Å²) in [5.41, 5.74) is -3.80. The Kier molecular flexibility index (Phi) is 6.99. The molecule has 0 unspecified atom stereocenters. The van der Waals surface area contributed by atoms with Gasteiger partial charge < -0.3 is 14.8 Å². The molecular formula is C24H27F3N4O7S. The summed E-state index contributed by atoms with van der Waals surface area (Å²) in [6.45, 7) is 4.05. The second-order valence-corrected chi connectivity index (χ2v) is 12.9. The summed E-state index contributed by atoms with van der Waals surface area (Å²) in [7, 11) is -4.77. The van der Waals surface area contributed by atoms with E-state index in [1.807, 2.05) is 6.07 Å². The van der Waals surface area contributed by atoms with E-state index in [-0.39, 0.29) is 18.8 Å². The number of ether oxygens (including phenoxy) is 2. The van der Waals surface area contributed by atoms with Crippen LogP contribution in [0.3, 0.4) is 0 Å². The molecule has 2 heterocycles. The molecule has 15 heteroatoms. The lowest BCUT2D eigenvalue weighted by Crippen LogP contribution is -2.50. The summed E-state index contributed by atoms with van der Waals surface area (Å²) >= 11 is 0. The Labute approximate surface area is 222 Å². The van der Waals surface area contributed by atoms with Crippen LogP contribution in [0.5, 0.6) is 0 Å². The second kappa shape index (κ2) is 9.58. The number of halogens is 3. The molecule has 1 aromatic carbocycles. The first kappa shape index (κ1) is 28.5. The number of nitriles is 1. The molecule has 11 nitrogen and oxygen atoms in total. The van der Waals surface area contributed by atoms with Gasteiger partial charge in [0.25, 0.3) is 0 Å². The molecule has 2 atom stereocenters. The predicted octanol–water partition coefficient (Wildman–Crippen LogP) is 2.99. The first-order valence-corrected chi connectivity index (χ1v) is 13.6. The number of carbonyl (C=O) groups excluding carboxylic acids is 3. The fourth-order valence-electron chi connectivity index (χ4n) is 4.47. The van der Waals surface area contributed by atoms with Crippen molar-refractivity contribution >= 4 is 33.6 Å². The number of rotatable bonds is 5. The number of anilines is 1. The Morgan fingerprint density at radius 1 is 1.23 bits per heavy atom. The standard InChI is InChI=1S/C24H27F3N4O7S/c1-22(2,3)38-21(34)31-12-15(11-17(31)19(32)29-23(13-28)6-7-23)39(35,36)18-5-4-14(10-16(18)24(25,26)27)30-8-9-37-20(30)33/h4-5,10,15,17H,6-9,11-12H2,1-3H3,(H,29,32)/t15-,17+/m1/s1. The average molecular weight is 573 g/mol. The largest absolute Gasteiger partial charge is 0.447 e. The van der Waals surface area contributed by atoms with Gasteiger partial charge in [-0.1, -0.05) is 0 Å². The van der Waals surface area contributed by atoms with Crippen molar-refractivity contribution in [1.29, 1.82) is 5.26 Å². The van der Waals surface area contributed by atoms with Gasteiger partial charge in [-0.05, 0) is 58.2 Å². The van der Waals surface area contributed by atoms with Crippen LogP contribution < -0.4 is 10.2 Å². The summed E-state index contributed by atoms with van der Waals surface area (Å²) in [6, 6.07) is 2.97. The molecule has 0 spiro atoms. The summed E-state index contributed by atoms with van der Waals surface area (Å²) in [5.74, 6) is -0.795. The third-order valence-corrected chi connectivity index (χ3v) is 8.79. The molecule has 1 aromatic rings. The van der Waals surface area contributed by atoms with E-state index in [1.54, 1.807) is 20.8 Å². The van der Waals surface area contributed by atoms with Crippen molar-refractivity contribution in [2.75, 3.05) is 24.6 Å². The Morgan fingerprint density at radius 2 is 1.90 bits per heavy atom. The van der Waals surface area contributed by atoms with Crippen LogP contribution in [-0.4, -0.2) is 73.5 Å². The molecule has 0 aromatic heterocycles. The van der Waals surface area contributed by atoms with Gasteiger partial charge in [0.15, 0.2) is 9.84 Å². The summed E-state index contributed by atoms with van der Waals surface area (Å²) in [6.07, 6.45) is -6.73. The number of hydrogen-bond acceptors (Lipinski definition) is 8. The van der Waals surface area contributed by atoms with E-state index in [2.05, 4.69) is 5.32 Å². The molecule has 1 N–H and O–H groups in total. The lowest BCUT2D eigenvalue weighted by molar-refractivity contribution is -0.139. The van der Waals surface area contributed by atoms with E-state index in [1.165, 1.54) is 0 Å². The molecule has 3 amide bonds. The summed E-state index contributed by atoms with van der Waals surface area (Å²) in [4.78, 5) is 38.6. The fourth-order valence-corrected chi connectivity index (χ4v) is 6.36. The molecule has 1 saturated carbocycles. The predicted molar refractivity (Wildman–Crippen MR) is 128 cm³/mol. The zero-order valence-corrected chi connectivity index (χ0v) is 22.2. The van der Waals surface area contributed by atoms with Gasteiger partial charge in [-0.3, -0.25) is 14.6 Å². The van der Waals surface area contributed by atoms with Gasteiger partial charge in [0, 0.05) is 12.2 Å². The van der Waals surface area contributed by atoms with Gasteiger partial charge in [-0.15, -0.1) is 0 Å². The summed E-state index contributed by atoms with van der Waals surface area (Å²) in [5, 5.41) is 10.3. The Morgan fingerprint density at radius 3 is 2.41 bits per heavy atom. The third-order valence-electron chi connectivity index (χ3n) is 6.61. The Bertz CT molecular complexity index is 1350. The van der Waals surface area contributed by atoms with Crippen LogP contribution >= 0.6 is 0 Å². The number of sulfone groups is 1. The highest BCUT2D eigenvalue weighted by Gasteiger charge is 2.52. The molecule has 4 rings (SSSR count). The first-order chi connectivity index (χ1) is 18.0. The van der Waals surface area contributed by atoms with Crippen LogP contribution in [-0.2, 0) is 30.3 Å². The van der Waals surface area contributed by atoms with Crippen LogP contribution in [0.15, 0.2) is 23.1 Å². The van der Waals surface area contributed by atoms with Crippen molar-refractivity contribution < 1.29 is 45.4 Å². The van der Waals surface area contributed by atoms with Crippen molar-refractivity contribution in [3.8, 4) is 6.07 Å². The lowest BCUT2D eigenvalue weighted by Gasteiger charge is -2.28. The molecule has 2 aliphatic heterocycles. The quantitative estimate of drug-likeness (QED) is 0.567. The van der Waals surface area contributed by atoms with Crippen molar-refractivity contribution in [3.63, 3.8) is 0 Å². The Balaban J connectivity index is 1.69. The SMILES string of the molecule is CC(C)(C)OC(=O)N1C[C@H](S(=O)(=O)c2ccc(N3CCOC3=O)cc2C(F)(F)F)C[C@H]1C(=O)NC1(C#N)CC1. The number of hydrogen-bond donors (Lipinski definition) is 1. The van der Waals surface area contributed by atoms with Crippen LogP contribution in [0.4, 0.5) is 28.4 Å². The van der Waals surface area contributed by atoms with Crippen molar-refractivity contribution in [1.82, 2.24) is 10.2 Å². The van der Waals surface area contributed by atoms with E-state index in [0.29, 0.717) is 18.9 Å². The first-order valence-electron chi connectivity index (χ1n) is 12.1. The molecule has 3 aliphatic rings. The molecule has 212 valence electrons. The van der Waals surface area contributed by atoms with Gasteiger partial charge in [0.2, 0.25) is 5.91 Å². The smallest absolute Gasteiger partial charge is 0.417 e. The highest BCUT2D eigenvalue weighted by molar-refractivity contribution is 7.92. The number of cyclic esters (lactones) is 1. The lowest BCUT2D eigenvalue weighted by atomic mass is 10.1. The van der Waals surface area contributed by atoms with Crippen LogP contribution in [0.25, 0.3) is 0 Å². The maximum atomic E-state index is 14.1. The van der Waals surface area contributed by atoms with E-state index < -0.39 is 80.0 Å². The van der Waals surface area contributed by atoms with Gasteiger partial charge in [-0.2, -0.15) is 18.4 Å². The Hall–Kier alpha value is -3.54. The zero-order valence-electron chi connectivity index (χ0n) is 21.4. The van der Waals surface area contributed by atoms with E-state index in [9.17, 15) is 41.2 Å². The van der Waals surface area contributed by atoms with Crippen LogP contribution in [0.2, 0.25) is 0 Å². The maximum Gasteiger partial charge on any atom is 0.417 e. The summed E-state index contributed by atoms with van der Waals surface area (Å²) < 4.78 is 79.5. The van der Waals surface area contributed by atoms with E-state index >= 15 is 0 Å². The normalized spacial score (nSPS) is 22.7. The fraction of sp³-hybridized carbons (Fsp3) is 0.583. The van der Waals surface area contributed by atoms with Gasteiger partial charge in [-0.25, -0.2) is 18.0 Å². The van der Waals surface area contributed by atoms with Crippen molar-refractivity contribution in [3.05, 3.63) is 23.8 Å². The topological polar surface area (TPSA) is 146 Å². The van der Waals surface area contributed by atoms with E-state index in [0.717, 1.165) is 21.9 Å². The number of benzene rings is 1. The zero-order chi connectivity index (χ0) is 29.0. The monoisotopic (exact) mass is 572 g/mol. The highest BCUT2D eigenvalue weighted by atomic mass is 32.2. The van der Waals surface area contributed by atoms with Gasteiger partial charge in [0.05, 0.1) is 28.3 Å². The van der Waals surface area contributed by atoms with Crippen LogP contribution in [0.1, 0.15) is 45.6 Å². The maximum absolute atomic E-state index is 14.1.